The molecule has 2 aliphatic carbocycles. The van der Waals surface area contributed by atoms with Crippen LogP contribution in [0.3, 0.4) is 0 Å². The Morgan fingerprint density at radius 1 is 1.17 bits per heavy atom. The molecule has 0 amide bonds. The molecule has 0 aromatic carbocycles. The fourth-order valence-electron chi connectivity index (χ4n) is 2.78. The molecule has 2 rings (SSSR count). The predicted molar refractivity (Wildman–Crippen MR) is 51.8 cm³/mol. The lowest BCUT2D eigenvalue weighted by atomic mass is 9.69. The van der Waals surface area contributed by atoms with Gasteiger partial charge in [0.05, 0.1) is 0 Å². The Kier molecular flexibility index (Phi) is 2.40. The summed E-state index contributed by atoms with van der Waals surface area (Å²) in [6, 6.07) is 0. The zero-order valence-electron chi connectivity index (χ0n) is 8.13. The van der Waals surface area contributed by atoms with Crippen LogP contribution in [-0.4, -0.2) is 6.54 Å². The lowest BCUT2D eigenvalue weighted by molar-refractivity contribution is 0.133. The first kappa shape index (κ1) is 8.55. The predicted octanol–water partition coefficient (Wildman–Crippen LogP) is 2.41. The maximum absolute atomic E-state index is 5.76. The molecule has 2 unspecified atom stereocenters. The van der Waals surface area contributed by atoms with E-state index in [4.69, 9.17) is 5.73 Å². The van der Waals surface area contributed by atoms with Gasteiger partial charge < -0.3 is 5.73 Å². The van der Waals surface area contributed by atoms with E-state index in [0.717, 1.165) is 30.2 Å². The second kappa shape index (κ2) is 3.37. The first-order chi connectivity index (χ1) is 5.83. The molecule has 0 aromatic heterocycles. The van der Waals surface area contributed by atoms with Crippen molar-refractivity contribution in [3.05, 3.63) is 0 Å². The lowest BCUT2D eigenvalue weighted by Crippen LogP contribution is -2.32. The van der Waals surface area contributed by atoms with Gasteiger partial charge in [0.15, 0.2) is 0 Å². The highest BCUT2D eigenvalue weighted by Gasteiger charge is 2.40. The molecule has 0 heterocycles. The highest BCUT2D eigenvalue weighted by atomic mass is 14.6. The normalized spacial score (nSPS) is 29.5. The topological polar surface area (TPSA) is 26.0 Å². The van der Waals surface area contributed by atoms with Crippen LogP contribution in [0.4, 0.5) is 0 Å². The minimum absolute atomic E-state index is 0.780. The van der Waals surface area contributed by atoms with Crippen molar-refractivity contribution in [3.8, 4) is 0 Å². The molecule has 0 saturated heterocycles. The maximum atomic E-state index is 5.76. The number of nitrogens with two attached hydrogens (primary N) is 1. The fraction of sp³-hybridized carbons (Fsp3) is 1.00. The quantitative estimate of drug-likeness (QED) is 0.683. The van der Waals surface area contributed by atoms with Crippen molar-refractivity contribution in [2.75, 3.05) is 6.54 Å². The molecule has 0 aliphatic heterocycles. The van der Waals surface area contributed by atoms with Gasteiger partial charge in [-0.25, -0.2) is 0 Å². The van der Waals surface area contributed by atoms with Crippen molar-refractivity contribution >= 4 is 0 Å². The van der Waals surface area contributed by atoms with E-state index >= 15 is 0 Å². The SMILES string of the molecule is CC(CN)C(C1CCC1)C1CC1. The van der Waals surface area contributed by atoms with Crippen LogP contribution >= 0.6 is 0 Å². The first-order valence-corrected chi connectivity index (χ1v) is 5.53. The maximum Gasteiger partial charge on any atom is -0.00487 e. The molecular formula is C11H21N. The van der Waals surface area contributed by atoms with Crippen molar-refractivity contribution in [1.82, 2.24) is 0 Å². The molecule has 1 heteroatoms. The van der Waals surface area contributed by atoms with E-state index in [1.54, 1.807) is 0 Å². The Morgan fingerprint density at radius 2 is 1.75 bits per heavy atom. The van der Waals surface area contributed by atoms with Crippen LogP contribution in [0.15, 0.2) is 0 Å². The Morgan fingerprint density at radius 3 is 2.08 bits per heavy atom. The van der Waals surface area contributed by atoms with Gasteiger partial charge in [-0.05, 0) is 43.1 Å². The molecule has 1 nitrogen and oxygen atoms in total. The Hall–Kier alpha value is -0.0400. The molecule has 0 radical (unpaired) electrons. The largest absolute Gasteiger partial charge is 0.330 e. The van der Waals surface area contributed by atoms with E-state index in [-0.39, 0.29) is 0 Å². The average Bonchev–Trinajstić information content (AvgIpc) is 2.77. The molecular weight excluding hydrogens is 146 g/mol. The van der Waals surface area contributed by atoms with Crippen molar-refractivity contribution in [1.29, 1.82) is 0 Å². The van der Waals surface area contributed by atoms with Crippen molar-refractivity contribution in [2.24, 2.45) is 29.4 Å². The zero-order valence-corrected chi connectivity index (χ0v) is 8.13. The summed E-state index contributed by atoms with van der Waals surface area (Å²) in [4.78, 5) is 0. The van der Waals surface area contributed by atoms with E-state index in [9.17, 15) is 0 Å². The van der Waals surface area contributed by atoms with E-state index in [2.05, 4.69) is 6.92 Å². The molecule has 0 spiro atoms. The minimum atomic E-state index is 0.780. The van der Waals surface area contributed by atoms with Crippen LogP contribution in [0.1, 0.15) is 39.0 Å². The summed E-state index contributed by atoms with van der Waals surface area (Å²) in [6.07, 6.45) is 7.44. The molecule has 2 saturated carbocycles. The van der Waals surface area contributed by atoms with Gasteiger partial charge in [0.2, 0.25) is 0 Å². The number of hydrogen-bond acceptors (Lipinski definition) is 1. The molecule has 0 aromatic rings. The molecule has 2 fully saturated rings. The van der Waals surface area contributed by atoms with E-state index in [1.165, 1.54) is 32.1 Å². The lowest BCUT2D eigenvalue weighted by Gasteiger charge is -2.37. The molecule has 0 bridgehead atoms. The van der Waals surface area contributed by atoms with Gasteiger partial charge in [-0.15, -0.1) is 0 Å². The van der Waals surface area contributed by atoms with Crippen LogP contribution in [-0.2, 0) is 0 Å². The Balaban J connectivity index is 1.91. The van der Waals surface area contributed by atoms with Gasteiger partial charge in [-0.3, -0.25) is 0 Å². The van der Waals surface area contributed by atoms with Crippen LogP contribution < -0.4 is 5.73 Å². The van der Waals surface area contributed by atoms with Gasteiger partial charge in [0, 0.05) is 0 Å². The zero-order chi connectivity index (χ0) is 8.55. The summed E-state index contributed by atoms with van der Waals surface area (Å²) >= 11 is 0. The molecule has 2 N–H and O–H groups in total. The highest BCUT2D eigenvalue weighted by molar-refractivity contribution is 4.91. The van der Waals surface area contributed by atoms with Crippen molar-refractivity contribution in [3.63, 3.8) is 0 Å². The van der Waals surface area contributed by atoms with Gasteiger partial charge >= 0.3 is 0 Å². The standard InChI is InChI=1S/C11H21N/c1-8(7-12)11(10-5-6-10)9-3-2-4-9/h8-11H,2-7,12H2,1H3. The van der Waals surface area contributed by atoms with Gasteiger partial charge in [-0.1, -0.05) is 26.2 Å². The van der Waals surface area contributed by atoms with Crippen LogP contribution in [0.25, 0.3) is 0 Å². The van der Waals surface area contributed by atoms with E-state index in [1.807, 2.05) is 0 Å². The van der Waals surface area contributed by atoms with Crippen LogP contribution in [0, 0.1) is 23.7 Å². The van der Waals surface area contributed by atoms with Crippen LogP contribution in [0.5, 0.6) is 0 Å². The molecule has 70 valence electrons. The summed E-state index contributed by atoms with van der Waals surface area (Å²) in [5.41, 5.74) is 5.76. The van der Waals surface area contributed by atoms with Crippen molar-refractivity contribution < 1.29 is 0 Å². The van der Waals surface area contributed by atoms with Gasteiger partial charge in [0.1, 0.15) is 0 Å². The smallest absolute Gasteiger partial charge is 0.00487 e. The number of hydrogen-bond donors (Lipinski definition) is 1. The second-order valence-corrected chi connectivity index (χ2v) is 4.82. The van der Waals surface area contributed by atoms with Crippen LogP contribution in [0.2, 0.25) is 0 Å². The third kappa shape index (κ3) is 1.52. The third-order valence-corrected chi connectivity index (χ3v) is 3.89. The van der Waals surface area contributed by atoms with Crippen molar-refractivity contribution in [2.45, 2.75) is 39.0 Å². The summed E-state index contributed by atoms with van der Waals surface area (Å²) in [5.74, 6) is 3.89. The Bertz CT molecular complexity index is 142. The summed E-state index contributed by atoms with van der Waals surface area (Å²) in [7, 11) is 0. The highest BCUT2D eigenvalue weighted by Crippen LogP contribution is 2.49. The summed E-state index contributed by atoms with van der Waals surface area (Å²) < 4.78 is 0. The fourth-order valence-corrected chi connectivity index (χ4v) is 2.78. The van der Waals surface area contributed by atoms with E-state index < -0.39 is 0 Å². The molecule has 12 heavy (non-hydrogen) atoms. The second-order valence-electron chi connectivity index (χ2n) is 4.82. The average molecular weight is 167 g/mol. The molecule has 2 atom stereocenters. The summed E-state index contributed by atoms with van der Waals surface area (Å²) in [5, 5.41) is 0. The minimum Gasteiger partial charge on any atom is -0.330 e. The molecule has 2 aliphatic rings. The monoisotopic (exact) mass is 167 g/mol. The van der Waals surface area contributed by atoms with E-state index in [0.29, 0.717) is 0 Å². The third-order valence-electron chi connectivity index (χ3n) is 3.89. The summed E-state index contributed by atoms with van der Waals surface area (Å²) in [6.45, 7) is 3.25. The van der Waals surface area contributed by atoms with Gasteiger partial charge in [0.25, 0.3) is 0 Å². The number of rotatable bonds is 4. The first-order valence-electron chi connectivity index (χ1n) is 5.53. The van der Waals surface area contributed by atoms with Gasteiger partial charge in [-0.2, -0.15) is 0 Å². The Labute approximate surface area is 75.7 Å².